The summed E-state index contributed by atoms with van der Waals surface area (Å²) in [5.41, 5.74) is 3.68. The second-order valence-electron chi connectivity index (χ2n) is 10.3. The molecule has 3 unspecified atom stereocenters. The van der Waals surface area contributed by atoms with Gasteiger partial charge in [-0.3, -0.25) is 24.7 Å². The number of benzene rings is 2. The van der Waals surface area contributed by atoms with Crippen LogP contribution in [0.4, 0.5) is 4.39 Å². The number of carbonyl (C=O) groups is 2. The van der Waals surface area contributed by atoms with E-state index in [0.717, 1.165) is 36.3 Å². The summed E-state index contributed by atoms with van der Waals surface area (Å²) in [4.78, 5) is 28.5. The van der Waals surface area contributed by atoms with Crippen molar-refractivity contribution in [3.05, 3.63) is 64.5 Å². The molecule has 3 heterocycles. The summed E-state index contributed by atoms with van der Waals surface area (Å²) in [6.45, 7) is 9.34. The van der Waals surface area contributed by atoms with Crippen LogP contribution in [0.15, 0.2) is 36.4 Å². The molecular weight excluding hydrogens is 461 g/mol. The molecule has 0 spiro atoms. The topological polar surface area (TPSA) is 71.1 Å². The molecule has 192 valence electrons. The van der Waals surface area contributed by atoms with Crippen molar-refractivity contribution >= 4 is 11.8 Å². The highest BCUT2D eigenvalue weighted by molar-refractivity contribution is 6.00. The van der Waals surface area contributed by atoms with E-state index in [0.29, 0.717) is 30.7 Å². The molecule has 0 saturated carbocycles. The molecule has 0 radical (unpaired) electrons. The van der Waals surface area contributed by atoms with Crippen LogP contribution in [0.3, 0.4) is 0 Å². The van der Waals surface area contributed by atoms with Gasteiger partial charge in [-0.2, -0.15) is 0 Å². The van der Waals surface area contributed by atoms with Crippen LogP contribution >= 0.6 is 0 Å². The van der Waals surface area contributed by atoms with Crippen molar-refractivity contribution in [3.8, 4) is 5.75 Å². The molecule has 2 aromatic rings. The minimum absolute atomic E-state index is 0.0193. The zero-order valence-corrected chi connectivity index (χ0v) is 21.1. The number of piperidine rings is 1. The van der Waals surface area contributed by atoms with Gasteiger partial charge in [-0.05, 0) is 56.5 Å². The quantitative estimate of drug-likeness (QED) is 0.617. The number of amides is 2. The molecule has 7 nitrogen and oxygen atoms in total. The number of nitrogens with zero attached hydrogens (tertiary/aromatic N) is 2. The van der Waals surface area contributed by atoms with Crippen molar-refractivity contribution < 1.29 is 23.5 Å². The predicted octanol–water partition coefficient (Wildman–Crippen LogP) is 3.70. The summed E-state index contributed by atoms with van der Waals surface area (Å²) < 4.78 is 26.7. The Hall–Kier alpha value is -2.81. The van der Waals surface area contributed by atoms with Crippen LogP contribution in [0.5, 0.6) is 5.75 Å². The Morgan fingerprint density at radius 2 is 1.89 bits per heavy atom. The van der Waals surface area contributed by atoms with E-state index < -0.39 is 0 Å². The third-order valence-corrected chi connectivity index (χ3v) is 7.46. The molecule has 0 bridgehead atoms. The van der Waals surface area contributed by atoms with Crippen molar-refractivity contribution in [1.82, 2.24) is 15.1 Å². The minimum atomic E-state index is -0.349. The number of nitrogens with one attached hydrogen (secondary N) is 1. The highest BCUT2D eigenvalue weighted by Gasteiger charge is 2.39. The first kappa shape index (κ1) is 24.9. The van der Waals surface area contributed by atoms with Crippen molar-refractivity contribution in [3.63, 3.8) is 0 Å². The van der Waals surface area contributed by atoms with Crippen LogP contribution in [0.1, 0.15) is 61.9 Å². The summed E-state index contributed by atoms with van der Waals surface area (Å²) in [7, 11) is 0. The van der Waals surface area contributed by atoms with E-state index in [4.69, 9.17) is 9.47 Å². The molecule has 0 aliphatic carbocycles. The molecule has 0 aromatic heterocycles. The largest absolute Gasteiger partial charge is 0.488 e. The summed E-state index contributed by atoms with van der Waals surface area (Å²) in [5, 5.41) is 2.46. The maximum Gasteiger partial charge on any atom is 0.243 e. The Morgan fingerprint density at radius 1 is 1.11 bits per heavy atom. The van der Waals surface area contributed by atoms with E-state index in [1.54, 1.807) is 0 Å². The van der Waals surface area contributed by atoms with Gasteiger partial charge in [0.15, 0.2) is 0 Å². The van der Waals surface area contributed by atoms with E-state index in [9.17, 15) is 14.0 Å². The lowest BCUT2D eigenvalue weighted by Gasteiger charge is -2.35. The van der Waals surface area contributed by atoms with E-state index in [2.05, 4.69) is 35.9 Å². The zero-order chi connectivity index (χ0) is 25.4. The van der Waals surface area contributed by atoms with Crippen molar-refractivity contribution in [2.75, 3.05) is 13.1 Å². The van der Waals surface area contributed by atoms with Crippen LogP contribution in [0.2, 0.25) is 0 Å². The zero-order valence-electron chi connectivity index (χ0n) is 21.1. The number of imide groups is 1. The molecular formula is C28H34FN3O4. The first-order valence-electron chi connectivity index (χ1n) is 12.8. The SMILES string of the molecule is CC1CN(Cc2ccc(F)c(COc3cccc4c3CN([C@@H]3CCC(=O)NC3=O)C4C)c2)CC(C)O1. The molecule has 3 aliphatic heterocycles. The van der Waals surface area contributed by atoms with Crippen LogP contribution in [0.25, 0.3) is 0 Å². The normalized spacial score (nSPS) is 27.1. The smallest absolute Gasteiger partial charge is 0.243 e. The molecule has 2 fully saturated rings. The van der Waals surface area contributed by atoms with Gasteiger partial charge in [0.1, 0.15) is 18.2 Å². The highest BCUT2D eigenvalue weighted by atomic mass is 19.1. The first-order chi connectivity index (χ1) is 17.3. The lowest BCUT2D eigenvalue weighted by atomic mass is 10.0. The fourth-order valence-corrected chi connectivity index (χ4v) is 5.82. The van der Waals surface area contributed by atoms with Crippen LogP contribution in [-0.4, -0.2) is 53.0 Å². The summed E-state index contributed by atoms with van der Waals surface area (Å²) >= 11 is 0. The van der Waals surface area contributed by atoms with Gasteiger partial charge >= 0.3 is 0 Å². The van der Waals surface area contributed by atoms with Crippen LogP contribution in [0, 0.1) is 5.82 Å². The summed E-state index contributed by atoms with van der Waals surface area (Å²) in [5.74, 6) is -0.0359. The fraction of sp³-hybridized carbons (Fsp3) is 0.500. The standard InChI is InChI=1S/C28H34FN3O4/c1-17-12-31(13-18(2)36-17)14-20-7-8-24(29)21(11-20)16-35-26-6-4-5-22-19(3)32(15-23(22)26)25-9-10-27(33)30-28(25)34/h4-8,11,17-19,25H,9-10,12-16H2,1-3H3,(H,30,33,34)/t17?,18?,19?,25-/m1/s1. The Labute approximate surface area is 211 Å². The van der Waals surface area contributed by atoms with Gasteiger partial charge in [0.2, 0.25) is 11.8 Å². The highest BCUT2D eigenvalue weighted by Crippen LogP contribution is 2.41. The van der Waals surface area contributed by atoms with E-state index in [1.165, 1.54) is 6.07 Å². The molecule has 1 N–H and O–H groups in total. The van der Waals surface area contributed by atoms with Crippen LogP contribution in [-0.2, 0) is 34.0 Å². The van der Waals surface area contributed by atoms with E-state index in [-0.39, 0.29) is 48.5 Å². The lowest BCUT2D eigenvalue weighted by Crippen LogP contribution is -2.51. The third kappa shape index (κ3) is 5.16. The maximum atomic E-state index is 14.7. The van der Waals surface area contributed by atoms with Gasteiger partial charge < -0.3 is 9.47 Å². The van der Waals surface area contributed by atoms with Crippen LogP contribution < -0.4 is 10.1 Å². The number of rotatable bonds is 6. The number of ether oxygens (including phenoxy) is 2. The number of fused-ring (bicyclic) bond motifs is 1. The number of morpholine rings is 1. The Kier molecular flexibility index (Phi) is 7.10. The minimum Gasteiger partial charge on any atom is -0.488 e. The number of halogens is 1. The monoisotopic (exact) mass is 495 g/mol. The third-order valence-electron chi connectivity index (χ3n) is 7.46. The molecule has 3 aliphatic rings. The van der Waals surface area contributed by atoms with Gasteiger partial charge in [0, 0.05) is 49.8 Å². The molecule has 5 rings (SSSR count). The second kappa shape index (κ2) is 10.3. The predicted molar refractivity (Wildman–Crippen MR) is 133 cm³/mol. The van der Waals surface area contributed by atoms with Crippen molar-refractivity contribution in [1.29, 1.82) is 0 Å². The molecule has 4 atom stereocenters. The number of hydrogen-bond donors (Lipinski definition) is 1. The van der Waals surface area contributed by atoms with E-state index in [1.807, 2.05) is 30.3 Å². The molecule has 8 heteroatoms. The number of carbonyl (C=O) groups excluding carboxylic acids is 2. The molecule has 2 aromatic carbocycles. The van der Waals surface area contributed by atoms with Gasteiger partial charge in [0.05, 0.1) is 18.2 Å². The maximum absolute atomic E-state index is 14.7. The van der Waals surface area contributed by atoms with E-state index >= 15 is 0 Å². The summed E-state index contributed by atoms with van der Waals surface area (Å²) in [6.07, 6.45) is 1.22. The molecule has 2 amide bonds. The molecule has 36 heavy (non-hydrogen) atoms. The molecule has 2 saturated heterocycles. The van der Waals surface area contributed by atoms with Gasteiger partial charge in [-0.25, -0.2) is 4.39 Å². The average Bonchev–Trinajstić information content (AvgIpc) is 3.15. The van der Waals surface area contributed by atoms with Gasteiger partial charge in [-0.15, -0.1) is 0 Å². The Bertz CT molecular complexity index is 1150. The lowest BCUT2D eigenvalue weighted by molar-refractivity contribution is -0.138. The first-order valence-corrected chi connectivity index (χ1v) is 12.8. The van der Waals surface area contributed by atoms with Gasteiger partial charge in [0.25, 0.3) is 0 Å². The Morgan fingerprint density at radius 3 is 2.64 bits per heavy atom. The average molecular weight is 496 g/mol. The number of hydrogen-bond acceptors (Lipinski definition) is 6. The van der Waals surface area contributed by atoms with Crippen molar-refractivity contribution in [2.45, 2.75) is 77.6 Å². The summed E-state index contributed by atoms with van der Waals surface area (Å²) in [6, 6.07) is 10.8. The fourth-order valence-electron chi connectivity index (χ4n) is 5.82. The van der Waals surface area contributed by atoms with Gasteiger partial charge in [-0.1, -0.05) is 18.2 Å². The van der Waals surface area contributed by atoms with Crippen molar-refractivity contribution in [2.24, 2.45) is 0 Å². The Balaban J connectivity index is 1.28. The second-order valence-corrected chi connectivity index (χ2v) is 10.3.